The van der Waals surface area contributed by atoms with Crippen LogP contribution in [0.15, 0.2) is 42.5 Å². The van der Waals surface area contributed by atoms with Gasteiger partial charge in [0.2, 0.25) is 0 Å². The minimum Gasteiger partial charge on any atom is -0.369 e. The Bertz CT molecular complexity index is 875. The number of rotatable bonds is 4. The number of hydrogen-bond acceptors (Lipinski definition) is 3. The van der Waals surface area contributed by atoms with E-state index in [4.69, 9.17) is 0 Å². The Hall–Kier alpha value is -2.55. The second kappa shape index (κ2) is 7.37. The van der Waals surface area contributed by atoms with Crippen LogP contribution in [-0.2, 0) is 18.6 Å². The molecule has 1 aliphatic rings. The molecule has 3 nitrogen and oxygen atoms in total. The number of aryl methyl sites for hydroxylation is 1. The summed E-state index contributed by atoms with van der Waals surface area (Å²) in [4.78, 5) is 12.9. The highest BCUT2D eigenvalue weighted by atomic mass is 19.4. The van der Waals surface area contributed by atoms with Gasteiger partial charge in [0.15, 0.2) is 0 Å². The number of nitrogens with zero attached hydrogens (tertiary/aromatic N) is 1. The predicted octanol–water partition coefficient (Wildman–Crippen LogP) is 4.76. The summed E-state index contributed by atoms with van der Waals surface area (Å²) in [6.07, 6.45) is -9.50. The van der Waals surface area contributed by atoms with E-state index in [1.54, 1.807) is 18.2 Å². The lowest BCUT2D eigenvalue weighted by atomic mass is 9.91. The molecule has 156 valence electrons. The predicted molar refractivity (Wildman–Crippen MR) is 93.6 cm³/mol. The van der Waals surface area contributed by atoms with E-state index in [0.717, 1.165) is 42.5 Å². The zero-order valence-corrected chi connectivity index (χ0v) is 15.0. The molecule has 29 heavy (non-hydrogen) atoms. The van der Waals surface area contributed by atoms with Crippen molar-refractivity contribution in [1.29, 1.82) is 0 Å². The van der Waals surface area contributed by atoms with Crippen LogP contribution in [-0.4, -0.2) is 30.3 Å². The van der Waals surface area contributed by atoms with E-state index in [1.165, 1.54) is 0 Å². The molecule has 0 aromatic heterocycles. The molecule has 0 saturated carbocycles. The zero-order valence-electron chi connectivity index (χ0n) is 15.0. The minimum atomic E-state index is -5.91. The first-order valence-electron chi connectivity index (χ1n) is 8.75. The second-order valence-corrected chi connectivity index (χ2v) is 6.93. The first-order chi connectivity index (χ1) is 13.5. The average Bonchev–Trinajstić information content (AvgIpc) is 2.66. The average molecular weight is 417 g/mol. The Kier molecular flexibility index (Phi) is 5.38. The Morgan fingerprint density at radius 1 is 0.966 bits per heavy atom. The van der Waals surface area contributed by atoms with Crippen molar-refractivity contribution in [1.82, 2.24) is 0 Å². The molecule has 0 radical (unpaired) electrons. The number of alkyl halides is 6. The molecule has 0 bridgehead atoms. The third-order valence-electron chi connectivity index (χ3n) is 5.02. The number of aliphatic hydroxyl groups is 1. The van der Waals surface area contributed by atoms with Gasteiger partial charge in [0, 0.05) is 29.9 Å². The van der Waals surface area contributed by atoms with Gasteiger partial charge in [0.05, 0.1) is 0 Å². The van der Waals surface area contributed by atoms with E-state index in [9.17, 15) is 36.2 Å². The van der Waals surface area contributed by atoms with Crippen molar-refractivity contribution in [2.24, 2.45) is 0 Å². The molecule has 1 N–H and O–H groups in total. The summed E-state index contributed by atoms with van der Waals surface area (Å²) in [6.45, 7) is 0.925. The monoisotopic (exact) mass is 417 g/mol. The number of fused-ring (bicyclic) bond motifs is 1. The van der Waals surface area contributed by atoms with Crippen molar-refractivity contribution in [3.8, 4) is 0 Å². The van der Waals surface area contributed by atoms with Crippen LogP contribution in [0.4, 0.5) is 32.0 Å². The molecule has 2 aromatic carbocycles. The number of halogens is 6. The lowest BCUT2D eigenvalue weighted by Gasteiger charge is -2.33. The van der Waals surface area contributed by atoms with Crippen LogP contribution >= 0.6 is 0 Å². The maximum Gasteiger partial charge on any atom is 0.430 e. The molecule has 0 saturated heterocycles. The van der Waals surface area contributed by atoms with Crippen LogP contribution < -0.4 is 4.90 Å². The van der Waals surface area contributed by atoms with E-state index < -0.39 is 23.5 Å². The molecule has 0 fully saturated rings. The van der Waals surface area contributed by atoms with Crippen molar-refractivity contribution in [2.75, 3.05) is 11.4 Å². The highest BCUT2D eigenvalue weighted by Crippen LogP contribution is 2.50. The van der Waals surface area contributed by atoms with Crippen molar-refractivity contribution in [3.05, 3.63) is 64.7 Å². The first kappa shape index (κ1) is 21.2. The Morgan fingerprint density at radius 3 is 2.14 bits per heavy atom. The quantitative estimate of drug-likeness (QED) is 0.576. The summed E-state index contributed by atoms with van der Waals surface area (Å²) < 4.78 is 77.9. The number of carbonyl (C=O) groups is 1. The van der Waals surface area contributed by atoms with E-state index in [0.29, 0.717) is 29.8 Å². The first-order valence-corrected chi connectivity index (χ1v) is 8.75. The number of benzene rings is 2. The Morgan fingerprint density at radius 2 is 1.59 bits per heavy atom. The number of anilines is 1. The fourth-order valence-electron chi connectivity index (χ4n) is 3.49. The minimum absolute atomic E-state index is 0.268. The van der Waals surface area contributed by atoms with E-state index in [-0.39, 0.29) is 6.54 Å². The molecule has 0 amide bonds. The standard InChI is InChI=1S/C20H17F6NO2/c21-19(22,23)18(29,20(24,25)26)16-6-3-13(4-7-16)11-27-9-1-2-15-10-14(12-28)5-8-17(15)27/h3-8,10,12,29H,1-2,9,11H2. The lowest BCUT2D eigenvalue weighted by Crippen LogP contribution is -2.53. The van der Waals surface area contributed by atoms with E-state index >= 15 is 0 Å². The molecular weight excluding hydrogens is 400 g/mol. The zero-order chi connectivity index (χ0) is 21.4. The summed E-state index contributed by atoms with van der Waals surface area (Å²) in [6, 6.07) is 8.79. The van der Waals surface area contributed by atoms with E-state index in [2.05, 4.69) is 0 Å². The van der Waals surface area contributed by atoms with E-state index in [1.807, 2.05) is 4.90 Å². The van der Waals surface area contributed by atoms with Crippen LogP contribution in [0.3, 0.4) is 0 Å². The highest BCUT2D eigenvalue weighted by molar-refractivity contribution is 5.77. The maximum atomic E-state index is 13.0. The molecule has 1 aliphatic heterocycles. The SMILES string of the molecule is O=Cc1ccc2c(c1)CCCN2Cc1ccc(C(O)(C(F)(F)F)C(F)(F)F)cc1. The van der Waals surface area contributed by atoms with Crippen LogP contribution in [0.25, 0.3) is 0 Å². The number of hydrogen-bond donors (Lipinski definition) is 1. The van der Waals surface area contributed by atoms with Crippen LogP contribution in [0.2, 0.25) is 0 Å². The molecule has 0 atom stereocenters. The largest absolute Gasteiger partial charge is 0.430 e. The number of carbonyl (C=O) groups excluding carboxylic acids is 1. The maximum absolute atomic E-state index is 13.0. The molecule has 9 heteroatoms. The number of aldehydes is 1. The smallest absolute Gasteiger partial charge is 0.369 e. The highest BCUT2D eigenvalue weighted by Gasteiger charge is 2.71. The van der Waals surface area contributed by atoms with Gasteiger partial charge in [-0.15, -0.1) is 0 Å². The van der Waals surface area contributed by atoms with Gasteiger partial charge in [-0.25, -0.2) is 0 Å². The molecule has 0 spiro atoms. The second-order valence-electron chi connectivity index (χ2n) is 6.93. The summed E-state index contributed by atoms with van der Waals surface area (Å²) in [5.41, 5.74) is -3.35. The Labute approximate surface area is 162 Å². The fraction of sp³-hybridized carbons (Fsp3) is 0.350. The lowest BCUT2D eigenvalue weighted by molar-refractivity contribution is -0.376. The van der Waals surface area contributed by atoms with Gasteiger partial charge in [0.25, 0.3) is 5.60 Å². The van der Waals surface area contributed by atoms with Crippen LogP contribution in [0, 0.1) is 0 Å². The molecular formula is C20H17F6NO2. The summed E-state index contributed by atoms with van der Waals surface area (Å²) in [5, 5.41) is 9.46. The Balaban J connectivity index is 1.86. The van der Waals surface area contributed by atoms with Gasteiger partial charge < -0.3 is 10.0 Å². The third kappa shape index (κ3) is 3.83. The van der Waals surface area contributed by atoms with Crippen molar-refractivity contribution >= 4 is 12.0 Å². The van der Waals surface area contributed by atoms with Crippen LogP contribution in [0.5, 0.6) is 0 Å². The molecule has 0 aliphatic carbocycles. The van der Waals surface area contributed by atoms with Gasteiger partial charge in [-0.1, -0.05) is 24.3 Å². The van der Waals surface area contributed by atoms with Gasteiger partial charge in [-0.2, -0.15) is 26.3 Å². The summed E-state index contributed by atoms with van der Waals surface area (Å²) in [7, 11) is 0. The summed E-state index contributed by atoms with van der Waals surface area (Å²) in [5.74, 6) is 0. The normalized spacial score (nSPS) is 15.2. The van der Waals surface area contributed by atoms with Gasteiger partial charge in [0.1, 0.15) is 6.29 Å². The molecule has 1 heterocycles. The molecule has 2 aromatic rings. The molecule has 0 unspecified atom stereocenters. The van der Waals surface area contributed by atoms with Crippen LogP contribution in [0.1, 0.15) is 33.5 Å². The van der Waals surface area contributed by atoms with Crippen molar-refractivity contribution in [3.63, 3.8) is 0 Å². The third-order valence-corrected chi connectivity index (χ3v) is 5.02. The van der Waals surface area contributed by atoms with Gasteiger partial charge >= 0.3 is 12.4 Å². The molecule has 3 rings (SSSR count). The summed E-state index contributed by atoms with van der Waals surface area (Å²) >= 11 is 0. The fourth-order valence-corrected chi connectivity index (χ4v) is 3.49. The van der Waals surface area contributed by atoms with Crippen molar-refractivity contribution < 1.29 is 36.2 Å². The van der Waals surface area contributed by atoms with Gasteiger partial charge in [-0.05, 0) is 42.2 Å². The van der Waals surface area contributed by atoms with Crippen molar-refractivity contribution in [2.45, 2.75) is 37.3 Å². The topological polar surface area (TPSA) is 40.5 Å². The van der Waals surface area contributed by atoms with Gasteiger partial charge in [-0.3, -0.25) is 4.79 Å².